The van der Waals surface area contributed by atoms with Gasteiger partial charge in [-0.1, -0.05) is 0 Å². The number of carbonyl (C=O) groups is 1. The summed E-state index contributed by atoms with van der Waals surface area (Å²) in [6, 6.07) is 4.28. The Morgan fingerprint density at radius 2 is 2.28 bits per heavy atom. The minimum absolute atomic E-state index is 0.0934. The summed E-state index contributed by atoms with van der Waals surface area (Å²) in [5.74, 6) is -0.947. The van der Waals surface area contributed by atoms with E-state index < -0.39 is 11.7 Å². The van der Waals surface area contributed by atoms with Crippen LogP contribution in [-0.2, 0) is 0 Å². The molecular formula is C11H10BrFN4O. The van der Waals surface area contributed by atoms with Crippen LogP contribution in [0.5, 0.6) is 0 Å². The number of aromatic nitrogens is 2. The molecule has 0 fully saturated rings. The summed E-state index contributed by atoms with van der Waals surface area (Å²) in [6.07, 6.45) is 0. The van der Waals surface area contributed by atoms with E-state index in [0.29, 0.717) is 15.9 Å². The molecule has 0 atom stereocenters. The van der Waals surface area contributed by atoms with Crippen LogP contribution in [-0.4, -0.2) is 16.1 Å². The van der Waals surface area contributed by atoms with E-state index in [-0.39, 0.29) is 11.4 Å². The van der Waals surface area contributed by atoms with Crippen molar-refractivity contribution in [2.24, 2.45) is 0 Å². The first-order chi connectivity index (χ1) is 8.49. The molecular weight excluding hydrogens is 303 g/mol. The molecule has 0 radical (unpaired) electrons. The van der Waals surface area contributed by atoms with Gasteiger partial charge in [-0.2, -0.15) is 5.10 Å². The highest BCUT2D eigenvalue weighted by atomic mass is 79.9. The number of benzene rings is 1. The maximum absolute atomic E-state index is 13.3. The quantitative estimate of drug-likeness (QED) is 0.796. The maximum atomic E-state index is 13.3. The molecule has 1 aromatic heterocycles. The highest BCUT2D eigenvalue weighted by molar-refractivity contribution is 9.10. The molecule has 0 aliphatic carbocycles. The van der Waals surface area contributed by atoms with Crippen LogP contribution in [0.25, 0.3) is 0 Å². The smallest absolute Gasteiger partial charge is 0.278 e. The topological polar surface area (TPSA) is 83.8 Å². The van der Waals surface area contributed by atoms with Gasteiger partial charge in [0.2, 0.25) is 0 Å². The first-order valence-electron chi connectivity index (χ1n) is 5.06. The number of carbonyl (C=O) groups excluding carboxylic acids is 1. The van der Waals surface area contributed by atoms with E-state index in [9.17, 15) is 9.18 Å². The Bertz CT molecular complexity index is 611. The van der Waals surface area contributed by atoms with Gasteiger partial charge < -0.3 is 11.1 Å². The van der Waals surface area contributed by atoms with Crippen molar-refractivity contribution in [3.63, 3.8) is 0 Å². The Labute approximate surface area is 111 Å². The maximum Gasteiger partial charge on any atom is 0.278 e. The van der Waals surface area contributed by atoms with Crippen LogP contribution in [0.4, 0.5) is 15.8 Å². The molecule has 0 saturated carbocycles. The van der Waals surface area contributed by atoms with Crippen molar-refractivity contribution in [1.82, 2.24) is 10.2 Å². The largest absolute Gasteiger partial charge is 0.395 e. The van der Waals surface area contributed by atoms with E-state index in [0.717, 1.165) is 0 Å². The van der Waals surface area contributed by atoms with E-state index in [2.05, 4.69) is 31.4 Å². The highest BCUT2D eigenvalue weighted by Crippen LogP contribution is 2.20. The number of hydrogen-bond donors (Lipinski definition) is 3. The number of rotatable bonds is 2. The van der Waals surface area contributed by atoms with Crippen molar-refractivity contribution in [2.75, 3.05) is 11.1 Å². The number of halogens is 2. The minimum atomic E-state index is -0.487. The fraction of sp³-hybridized carbons (Fsp3) is 0.0909. The molecule has 5 nitrogen and oxygen atoms in total. The number of amides is 1. The highest BCUT2D eigenvalue weighted by Gasteiger charge is 2.15. The Morgan fingerprint density at radius 1 is 1.56 bits per heavy atom. The van der Waals surface area contributed by atoms with Crippen LogP contribution in [0.3, 0.4) is 0 Å². The monoisotopic (exact) mass is 312 g/mol. The molecule has 1 heterocycles. The van der Waals surface area contributed by atoms with Crippen molar-refractivity contribution in [3.05, 3.63) is 39.9 Å². The standard InChI is InChI=1S/C11H10BrFN4O/c1-5-9(14)10(17-16-5)11(18)15-6-2-3-7(12)8(13)4-6/h2-4H,14H2,1H3,(H,15,18)(H,16,17). The molecule has 2 aromatic rings. The second-order valence-corrected chi connectivity index (χ2v) is 4.55. The predicted molar refractivity (Wildman–Crippen MR) is 69.8 cm³/mol. The molecule has 0 saturated heterocycles. The summed E-state index contributed by atoms with van der Waals surface area (Å²) in [7, 11) is 0. The van der Waals surface area contributed by atoms with Gasteiger partial charge in [-0.15, -0.1) is 0 Å². The van der Waals surface area contributed by atoms with Gasteiger partial charge in [0.15, 0.2) is 5.69 Å². The van der Waals surface area contributed by atoms with E-state index in [4.69, 9.17) is 5.73 Å². The van der Waals surface area contributed by atoms with Gasteiger partial charge in [-0.25, -0.2) is 4.39 Å². The summed E-state index contributed by atoms with van der Waals surface area (Å²) >= 11 is 3.03. The van der Waals surface area contributed by atoms with Gasteiger partial charge >= 0.3 is 0 Å². The van der Waals surface area contributed by atoms with Crippen LogP contribution >= 0.6 is 15.9 Å². The Balaban J connectivity index is 2.21. The van der Waals surface area contributed by atoms with Crippen LogP contribution in [0, 0.1) is 12.7 Å². The average molecular weight is 313 g/mol. The van der Waals surface area contributed by atoms with Crippen LogP contribution in [0.1, 0.15) is 16.2 Å². The zero-order valence-corrected chi connectivity index (χ0v) is 11.0. The summed E-state index contributed by atoms with van der Waals surface area (Å²) < 4.78 is 13.6. The molecule has 18 heavy (non-hydrogen) atoms. The number of H-pyrrole nitrogens is 1. The lowest BCUT2D eigenvalue weighted by molar-refractivity contribution is 0.102. The van der Waals surface area contributed by atoms with Gasteiger partial charge in [0.05, 0.1) is 15.9 Å². The predicted octanol–water partition coefficient (Wildman–Crippen LogP) is 2.45. The molecule has 7 heteroatoms. The fourth-order valence-electron chi connectivity index (χ4n) is 1.38. The number of aryl methyl sites for hydroxylation is 1. The van der Waals surface area contributed by atoms with Gasteiger partial charge in [0.25, 0.3) is 5.91 Å². The van der Waals surface area contributed by atoms with Crippen LogP contribution in [0.15, 0.2) is 22.7 Å². The molecule has 0 aliphatic heterocycles. The molecule has 0 unspecified atom stereocenters. The second kappa shape index (κ2) is 4.77. The van der Waals surface area contributed by atoms with E-state index in [1.165, 1.54) is 12.1 Å². The van der Waals surface area contributed by atoms with Gasteiger partial charge in [0, 0.05) is 5.69 Å². The fourth-order valence-corrected chi connectivity index (χ4v) is 1.62. The summed E-state index contributed by atoms with van der Waals surface area (Å²) in [5.41, 5.74) is 7.00. The zero-order valence-electron chi connectivity index (χ0n) is 9.42. The number of nitrogens with two attached hydrogens (primary N) is 1. The summed E-state index contributed by atoms with van der Waals surface area (Å²) in [4.78, 5) is 11.8. The number of hydrogen-bond acceptors (Lipinski definition) is 3. The van der Waals surface area contributed by atoms with Crippen molar-refractivity contribution in [3.8, 4) is 0 Å². The Hall–Kier alpha value is -1.89. The number of anilines is 2. The molecule has 0 bridgehead atoms. The van der Waals surface area contributed by atoms with Crippen molar-refractivity contribution < 1.29 is 9.18 Å². The summed E-state index contributed by atoms with van der Waals surface area (Å²) in [6.45, 7) is 1.71. The first-order valence-corrected chi connectivity index (χ1v) is 5.85. The Morgan fingerprint density at radius 3 is 2.83 bits per heavy atom. The third-order valence-corrected chi connectivity index (χ3v) is 3.03. The number of nitrogens with one attached hydrogen (secondary N) is 2. The van der Waals surface area contributed by atoms with E-state index >= 15 is 0 Å². The number of nitrogens with zero attached hydrogens (tertiary/aromatic N) is 1. The lowest BCUT2D eigenvalue weighted by Gasteiger charge is -2.04. The van der Waals surface area contributed by atoms with Gasteiger partial charge in [-0.3, -0.25) is 9.89 Å². The number of nitrogen functional groups attached to an aromatic ring is 1. The third-order valence-electron chi connectivity index (χ3n) is 2.39. The van der Waals surface area contributed by atoms with Crippen molar-refractivity contribution in [2.45, 2.75) is 6.92 Å². The van der Waals surface area contributed by atoms with E-state index in [1.807, 2.05) is 0 Å². The Kier molecular flexibility index (Phi) is 3.33. The number of aromatic amines is 1. The average Bonchev–Trinajstić information content (AvgIpc) is 2.65. The van der Waals surface area contributed by atoms with Gasteiger partial charge in [-0.05, 0) is 41.1 Å². The van der Waals surface area contributed by atoms with Crippen LogP contribution < -0.4 is 11.1 Å². The molecule has 1 aromatic carbocycles. The normalized spacial score (nSPS) is 10.4. The van der Waals surface area contributed by atoms with Gasteiger partial charge in [0.1, 0.15) is 5.82 Å². The molecule has 4 N–H and O–H groups in total. The SMILES string of the molecule is Cc1[nH]nc(C(=O)Nc2ccc(Br)c(F)c2)c1N. The van der Waals surface area contributed by atoms with Crippen molar-refractivity contribution in [1.29, 1.82) is 0 Å². The van der Waals surface area contributed by atoms with E-state index in [1.54, 1.807) is 13.0 Å². The minimum Gasteiger partial charge on any atom is -0.395 e. The molecule has 1 amide bonds. The summed E-state index contributed by atoms with van der Waals surface area (Å²) in [5, 5.41) is 8.91. The molecule has 94 valence electrons. The third kappa shape index (κ3) is 2.35. The molecule has 0 aliphatic rings. The zero-order chi connectivity index (χ0) is 13.3. The second-order valence-electron chi connectivity index (χ2n) is 3.69. The van der Waals surface area contributed by atoms with Crippen LogP contribution in [0.2, 0.25) is 0 Å². The van der Waals surface area contributed by atoms with Crippen molar-refractivity contribution >= 4 is 33.2 Å². The molecule has 2 rings (SSSR count). The molecule has 0 spiro atoms. The lowest BCUT2D eigenvalue weighted by atomic mass is 10.2. The first kappa shape index (κ1) is 12.6. The lowest BCUT2D eigenvalue weighted by Crippen LogP contribution is -2.14.